The molecule has 0 radical (unpaired) electrons. The zero-order valence-electron chi connectivity index (χ0n) is 12.4. The summed E-state index contributed by atoms with van der Waals surface area (Å²) in [6.07, 6.45) is -0.303. The van der Waals surface area contributed by atoms with E-state index in [1.165, 1.54) is 0 Å². The second kappa shape index (κ2) is 5.83. The molecule has 0 unspecified atom stereocenters. The fourth-order valence-electron chi connectivity index (χ4n) is 2.55. The van der Waals surface area contributed by atoms with E-state index in [1.54, 1.807) is 4.90 Å². The molecule has 110 valence electrons. The van der Waals surface area contributed by atoms with Gasteiger partial charge in [-0.1, -0.05) is 44.2 Å². The van der Waals surface area contributed by atoms with E-state index in [1.807, 2.05) is 51.1 Å². The maximum absolute atomic E-state index is 12.1. The van der Waals surface area contributed by atoms with E-state index in [0.29, 0.717) is 13.1 Å². The molecule has 0 saturated carbocycles. The van der Waals surface area contributed by atoms with E-state index in [0.717, 1.165) is 5.56 Å². The Kier molecular flexibility index (Phi) is 4.33. The minimum atomic E-state index is -0.726. The highest BCUT2D eigenvalue weighted by atomic mass is 16.6. The van der Waals surface area contributed by atoms with Crippen LogP contribution in [0.2, 0.25) is 0 Å². The van der Waals surface area contributed by atoms with Gasteiger partial charge in [0.15, 0.2) is 0 Å². The number of carbonyl (C=O) groups excluding carboxylic acids is 1. The number of aliphatic hydroxyl groups is 1. The smallest absolute Gasteiger partial charge is 0.410 e. The van der Waals surface area contributed by atoms with Crippen LogP contribution in [0.25, 0.3) is 0 Å². The summed E-state index contributed by atoms with van der Waals surface area (Å²) in [6, 6.07) is 9.64. The van der Waals surface area contributed by atoms with E-state index in [2.05, 4.69) is 0 Å². The van der Waals surface area contributed by atoms with E-state index in [4.69, 9.17) is 4.74 Å². The van der Waals surface area contributed by atoms with Gasteiger partial charge in [-0.2, -0.15) is 0 Å². The number of benzene rings is 1. The van der Waals surface area contributed by atoms with Crippen LogP contribution in [0.15, 0.2) is 30.3 Å². The standard InChI is InChI=1S/C16H23NO3/c1-12-9-17(10-13(2)16(12,3)19)15(18)20-11-14-7-5-4-6-8-14/h4-8,12-13,19H,9-11H2,1-3H3/t12-,13+,16-. The molecule has 2 rings (SSSR count). The number of hydrogen-bond donors (Lipinski definition) is 1. The Bertz CT molecular complexity index is 444. The van der Waals surface area contributed by atoms with Crippen molar-refractivity contribution >= 4 is 6.09 Å². The summed E-state index contributed by atoms with van der Waals surface area (Å²) >= 11 is 0. The van der Waals surface area contributed by atoms with Gasteiger partial charge in [0.1, 0.15) is 6.61 Å². The number of piperidine rings is 1. The Morgan fingerprint density at radius 3 is 2.40 bits per heavy atom. The third-order valence-corrected chi connectivity index (χ3v) is 4.45. The predicted octanol–water partition coefficient (Wildman–Crippen LogP) is 2.66. The number of hydrogen-bond acceptors (Lipinski definition) is 3. The van der Waals surface area contributed by atoms with Crippen LogP contribution in [0.5, 0.6) is 0 Å². The first kappa shape index (κ1) is 14.9. The highest BCUT2D eigenvalue weighted by molar-refractivity contribution is 5.67. The predicted molar refractivity (Wildman–Crippen MR) is 77.2 cm³/mol. The van der Waals surface area contributed by atoms with Gasteiger partial charge < -0.3 is 14.7 Å². The molecule has 4 heteroatoms. The normalized spacial score (nSPS) is 30.1. The van der Waals surface area contributed by atoms with Crippen molar-refractivity contribution in [2.24, 2.45) is 11.8 Å². The van der Waals surface area contributed by atoms with Crippen LogP contribution in [0, 0.1) is 11.8 Å². The van der Waals surface area contributed by atoms with Crippen LogP contribution in [0.4, 0.5) is 4.79 Å². The van der Waals surface area contributed by atoms with Crippen molar-refractivity contribution in [3.8, 4) is 0 Å². The largest absolute Gasteiger partial charge is 0.445 e. The van der Waals surface area contributed by atoms with Gasteiger partial charge in [0.05, 0.1) is 5.60 Å². The zero-order valence-corrected chi connectivity index (χ0v) is 12.4. The molecule has 1 saturated heterocycles. The number of rotatable bonds is 2. The zero-order chi connectivity index (χ0) is 14.8. The quantitative estimate of drug-likeness (QED) is 0.904. The fourth-order valence-corrected chi connectivity index (χ4v) is 2.55. The second-order valence-electron chi connectivity index (χ2n) is 5.97. The molecule has 0 aromatic heterocycles. The maximum atomic E-state index is 12.1. The van der Waals surface area contributed by atoms with Crippen molar-refractivity contribution in [1.82, 2.24) is 4.90 Å². The van der Waals surface area contributed by atoms with E-state index in [-0.39, 0.29) is 24.5 Å². The topological polar surface area (TPSA) is 49.8 Å². The third-order valence-electron chi connectivity index (χ3n) is 4.45. The molecular weight excluding hydrogens is 254 g/mol. The minimum Gasteiger partial charge on any atom is -0.445 e. The molecule has 1 fully saturated rings. The average molecular weight is 277 g/mol. The highest BCUT2D eigenvalue weighted by Crippen LogP contribution is 2.32. The molecule has 1 heterocycles. The first-order valence-corrected chi connectivity index (χ1v) is 7.09. The van der Waals surface area contributed by atoms with E-state index in [9.17, 15) is 9.90 Å². The van der Waals surface area contributed by atoms with Gasteiger partial charge in [0, 0.05) is 24.9 Å². The SMILES string of the molecule is C[C@@H]1CN(C(=O)OCc2ccccc2)C[C@H](C)[C@]1(C)O. The first-order chi connectivity index (χ1) is 9.41. The van der Waals surface area contributed by atoms with Crippen molar-refractivity contribution in [2.75, 3.05) is 13.1 Å². The summed E-state index contributed by atoms with van der Waals surface area (Å²) in [4.78, 5) is 13.8. The lowest BCUT2D eigenvalue weighted by molar-refractivity contribution is -0.0876. The van der Waals surface area contributed by atoms with Crippen molar-refractivity contribution < 1.29 is 14.6 Å². The summed E-state index contributed by atoms with van der Waals surface area (Å²) in [5, 5.41) is 10.3. The van der Waals surface area contributed by atoms with Gasteiger partial charge in [-0.15, -0.1) is 0 Å². The molecule has 20 heavy (non-hydrogen) atoms. The lowest BCUT2D eigenvalue weighted by atomic mass is 9.77. The molecule has 0 spiro atoms. The minimum absolute atomic E-state index is 0.0375. The Morgan fingerprint density at radius 2 is 1.85 bits per heavy atom. The van der Waals surface area contributed by atoms with Gasteiger partial charge in [-0.25, -0.2) is 4.79 Å². The molecule has 1 aromatic rings. The average Bonchev–Trinajstić information content (AvgIpc) is 2.43. The van der Waals surface area contributed by atoms with Crippen LogP contribution in [0.1, 0.15) is 26.3 Å². The maximum Gasteiger partial charge on any atom is 0.410 e. The summed E-state index contributed by atoms with van der Waals surface area (Å²) in [7, 11) is 0. The molecule has 0 bridgehead atoms. The third kappa shape index (κ3) is 3.12. The van der Waals surface area contributed by atoms with Gasteiger partial charge in [-0.05, 0) is 12.5 Å². The summed E-state index contributed by atoms with van der Waals surface area (Å²) in [6.45, 7) is 7.13. The fraction of sp³-hybridized carbons (Fsp3) is 0.562. The summed E-state index contributed by atoms with van der Waals surface area (Å²) < 4.78 is 5.34. The van der Waals surface area contributed by atoms with Crippen LogP contribution >= 0.6 is 0 Å². The summed E-state index contributed by atoms with van der Waals surface area (Å²) in [5.41, 5.74) is 0.252. The Morgan fingerprint density at radius 1 is 1.30 bits per heavy atom. The van der Waals surface area contributed by atoms with E-state index < -0.39 is 5.60 Å². The molecule has 0 aliphatic carbocycles. The van der Waals surface area contributed by atoms with E-state index >= 15 is 0 Å². The molecule has 3 atom stereocenters. The molecule has 1 aromatic carbocycles. The van der Waals surface area contributed by atoms with Crippen LogP contribution in [-0.4, -0.2) is 34.8 Å². The number of ether oxygens (including phenoxy) is 1. The van der Waals surface area contributed by atoms with Gasteiger partial charge in [-0.3, -0.25) is 0 Å². The molecule has 4 nitrogen and oxygen atoms in total. The van der Waals surface area contributed by atoms with Crippen LogP contribution in [-0.2, 0) is 11.3 Å². The molecule has 1 N–H and O–H groups in total. The lowest BCUT2D eigenvalue weighted by Gasteiger charge is -2.45. The van der Waals surface area contributed by atoms with Gasteiger partial charge in [0.25, 0.3) is 0 Å². The van der Waals surface area contributed by atoms with Crippen molar-refractivity contribution in [3.63, 3.8) is 0 Å². The molecule has 1 amide bonds. The number of amides is 1. The summed E-state index contributed by atoms with van der Waals surface area (Å²) in [5.74, 6) is 0.0750. The Hall–Kier alpha value is -1.55. The van der Waals surface area contributed by atoms with Crippen LogP contribution in [0.3, 0.4) is 0 Å². The van der Waals surface area contributed by atoms with Crippen molar-refractivity contribution in [2.45, 2.75) is 33.0 Å². The molecule has 1 aliphatic rings. The number of nitrogens with zero attached hydrogens (tertiary/aromatic N) is 1. The van der Waals surface area contributed by atoms with Gasteiger partial charge in [0.2, 0.25) is 0 Å². The van der Waals surface area contributed by atoms with Crippen molar-refractivity contribution in [3.05, 3.63) is 35.9 Å². The second-order valence-corrected chi connectivity index (χ2v) is 5.97. The first-order valence-electron chi connectivity index (χ1n) is 7.09. The highest BCUT2D eigenvalue weighted by Gasteiger charge is 2.42. The Labute approximate surface area is 120 Å². The molecular formula is C16H23NO3. The lowest BCUT2D eigenvalue weighted by Crippen LogP contribution is -2.56. The monoisotopic (exact) mass is 277 g/mol. The van der Waals surface area contributed by atoms with Crippen molar-refractivity contribution in [1.29, 1.82) is 0 Å². The Balaban J connectivity index is 1.91. The number of carbonyl (C=O) groups is 1. The van der Waals surface area contributed by atoms with Gasteiger partial charge >= 0.3 is 6.09 Å². The number of likely N-dealkylation sites (tertiary alicyclic amines) is 1. The molecule has 1 aliphatic heterocycles. The van der Waals surface area contributed by atoms with Crippen LogP contribution < -0.4 is 0 Å².